The zero-order chi connectivity index (χ0) is 22.1. The van der Waals surface area contributed by atoms with E-state index in [0.717, 1.165) is 0 Å². The summed E-state index contributed by atoms with van der Waals surface area (Å²) in [5, 5.41) is 24.4. The first-order valence-corrected chi connectivity index (χ1v) is 9.44. The molecule has 0 fully saturated rings. The standard InChI is InChI=1S/C21H23FN4O4/c1-11(2)26-17-13(19(27)24-10-16(22)21(3,4)28)9-25-20-18(17)29-14-6-5-12(8-23)7-15(14)30-20/h5-7,9,11,16,28H,10H2,1-4H3,(H,24,27)(H,25,26)/t16-/m1/s1. The van der Waals surface area contributed by atoms with Gasteiger partial charge in [-0.15, -0.1) is 0 Å². The number of alkyl halides is 1. The van der Waals surface area contributed by atoms with Gasteiger partial charge in [-0.05, 0) is 39.8 Å². The molecule has 0 saturated carbocycles. The predicted molar refractivity (Wildman–Crippen MR) is 108 cm³/mol. The molecule has 1 amide bonds. The van der Waals surface area contributed by atoms with Crippen molar-refractivity contribution in [2.75, 3.05) is 11.9 Å². The number of amides is 1. The molecule has 0 radical (unpaired) electrons. The molecule has 1 aliphatic rings. The van der Waals surface area contributed by atoms with E-state index in [2.05, 4.69) is 15.6 Å². The quantitative estimate of drug-likeness (QED) is 0.565. The first kappa shape index (κ1) is 21.3. The summed E-state index contributed by atoms with van der Waals surface area (Å²) in [4.78, 5) is 16.9. The van der Waals surface area contributed by atoms with Gasteiger partial charge >= 0.3 is 0 Å². The molecule has 2 heterocycles. The number of ether oxygens (including phenoxy) is 2. The summed E-state index contributed by atoms with van der Waals surface area (Å²) in [6.07, 6.45) is -0.340. The molecule has 1 aliphatic heterocycles. The van der Waals surface area contributed by atoms with E-state index in [0.29, 0.717) is 22.7 Å². The normalized spacial score (nSPS) is 13.3. The van der Waals surface area contributed by atoms with Crippen LogP contribution in [0.15, 0.2) is 24.4 Å². The number of benzene rings is 1. The van der Waals surface area contributed by atoms with Crippen molar-refractivity contribution in [1.82, 2.24) is 10.3 Å². The van der Waals surface area contributed by atoms with Gasteiger partial charge in [-0.2, -0.15) is 5.26 Å². The highest BCUT2D eigenvalue weighted by atomic mass is 19.1. The third-order valence-corrected chi connectivity index (χ3v) is 4.38. The highest BCUT2D eigenvalue weighted by Crippen LogP contribution is 2.49. The Morgan fingerprint density at radius 1 is 1.33 bits per heavy atom. The Morgan fingerprint density at radius 2 is 2.07 bits per heavy atom. The van der Waals surface area contributed by atoms with Crippen molar-refractivity contribution in [2.45, 2.75) is 45.5 Å². The lowest BCUT2D eigenvalue weighted by Gasteiger charge is -2.25. The molecule has 0 spiro atoms. The highest BCUT2D eigenvalue weighted by Gasteiger charge is 2.30. The topological polar surface area (TPSA) is 117 Å². The molecule has 3 rings (SSSR count). The Balaban J connectivity index is 1.93. The zero-order valence-electron chi connectivity index (χ0n) is 17.1. The second-order valence-corrected chi connectivity index (χ2v) is 7.79. The lowest BCUT2D eigenvalue weighted by atomic mass is 10.0. The molecule has 0 aliphatic carbocycles. The number of nitrogens with one attached hydrogen (secondary N) is 2. The summed E-state index contributed by atoms with van der Waals surface area (Å²) in [5.74, 6) is 0.491. The van der Waals surface area contributed by atoms with E-state index in [-0.39, 0.29) is 29.8 Å². The fourth-order valence-corrected chi connectivity index (χ4v) is 2.73. The summed E-state index contributed by atoms with van der Waals surface area (Å²) in [7, 11) is 0. The molecule has 1 aromatic heterocycles. The van der Waals surface area contributed by atoms with Gasteiger partial charge in [0.2, 0.25) is 5.75 Å². The number of carbonyl (C=O) groups is 1. The van der Waals surface area contributed by atoms with Crippen LogP contribution in [0.2, 0.25) is 0 Å². The molecule has 8 nitrogen and oxygen atoms in total. The van der Waals surface area contributed by atoms with Gasteiger partial charge in [0.05, 0.1) is 35.0 Å². The maximum Gasteiger partial charge on any atom is 0.265 e. The summed E-state index contributed by atoms with van der Waals surface area (Å²) in [6.45, 7) is 6.07. The number of halogens is 1. The van der Waals surface area contributed by atoms with Crippen LogP contribution in [0.4, 0.5) is 10.1 Å². The van der Waals surface area contributed by atoms with Crippen molar-refractivity contribution in [1.29, 1.82) is 5.26 Å². The minimum absolute atomic E-state index is 0.0562. The number of rotatable bonds is 6. The first-order valence-electron chi connectivity index (χ1n) is 9.44. The number of nitriles is 1. The van der Waals surface area contributed by atoms with Crippen LogP contribution in [-0.4, -0.2) is 40.4 Å². The van der Waals surface area contributed by atoms with E-state index in [1.165, 1.54) is 26.1 Å². The van der Waals surface area contributed by atoms with Crippen molar-refractivity contribution < 1.29 is 23.8 Å². The van der Waals surface area contributed by atoms with Gasteiger partial charge < -0.3 is 25.2 Å². The van der Waals surface area contributed by atoms with Crippen molar-refractivity contribution >= 4 is 11.6 Å². The van der Waals surface area contributed by atoms with Crippen LogP contribution in [0.1, 0.15) is 43.6 Å². The van der Waals surface area contributed by atoms with Crippen molar-refractivity contribution in [3.63, 3.8) is 0 Å². The lowest BCUT2D eigenvalue weighted by Crippen LogP contribution is -2.42. The van der Waals surface area contributed by atoms with Gasteiger partial charge in [0.1, 0.15) is 6.17 Å². The van der Waals surface area contributed by atoms with Crippen molar-refractivity contribution in [3.8, 4) is 29.2 Å². The average molecular weight is 414 g/mol. The third-order valence-electron chi connectivity index (χ3n) is 4.38. The smallest absolute Gasteiger partial charge is 0.265 e. The number of hydrogen-bond acceptors (Lipinski definition) is 7. The van der Waals surface area contributed by atoms with Gasteiger partial charge in [-0.25, -0.2) is 9.37 Å². The highest BCUT2D eigenvalue weighted by molar-refractivity contribution is 6.01. The summed E-state index contributed by atoms with van der Waals surface area (Å²) in [6, 6.07) is 6.69. The van der Waals surface area contributed by atoms with Crippen LogP contribution in [0.5, 0.6) is 23.1 Å². The van der Waals surface area contributed by atoms with Crippen LogP contribution in [-0.2, 0) is 0 Å². The minimum atomic E-state index is -1.64. The van der Waals surface area contributed by atoms with Crippen molar-refractivity contribution in [3.05, 3.63) is 35.5 Å². The van der Waals surface area contributed by atoms with Gasteiger partial charge in [0.25, 0.3) is 11.8 Å². The second kappa shape index (κ2) is 8.16. The molecule has 0 bridgehead atoms. The van der Waals surface area contributed by atoms with Crippen LogP contribution >= 0.6 is 0 Å². The fraction of sp³-hybridized carbons (Fsp3) is 0.381. The number of anilines is 1. The number of fused-ring (bicyclic) bond motifs is 2. The number of aliphatic hydroxyl groups is 1. The van der Waals surface area contributed by atoms with Crippen molar-refractivity contribution in [2.24, 2.45) is 0 Å². The third kappa shape index (κ3) is 4.44. The number of hydrogen-bond donors (Lipinski definition) is 3. The monoisotopic (exact) mass is 414 g/mol. The summed E-state index contributed by atoms with van der Waals surface area (Å²) < 4.78 is 25.7. The van der Waals surface area contributed by atoms with Gasteiger partial charge in [0, 0.05) is 18.3 Å². The van der Waals surface area contributed by atoms with E-state index >= 15 is 0 Å². The number of nitrogens with zero attached hydrogens (tertiary/aromatic N) is 2. The summed E-state index contributed by atoms with van der Waals surface area (Å²) in [5.41, 5.74) is -0.680. The Labute approximate surface area is 173 Å². The molecule has 3 N–H and O–H groups in total. The predicted octanol–water partition coefficient (Wildman–Crippen LogP) is 3.51. The molecule has 9 heteroatoms. The van der Waals surface area contributed by atoms with Crippen LogP contribution in [0.3, 0.4) is 0 Å². The molecule has 1 atom stereocenters. The molecular formula is C21H23FN4O4. The lowest BCUT2D eigenvalue weighted by molar-refractivity contribution is -0.00177. The first-order chi connectivity index (χ1) is 14.1. The largest absolute Gasteiger partial charge is 0.445 e. The molecule has 2 aromatic rings. The van der Waals surface area contributed by atoms with Gasteiger partial charge in [-0.1, -0.05) is 0 Å². The molecule has 1 aromatic carbocycles. The Morgan fingerprint density at radius 3 is 2.70 bits per heavy atom. The van der Waals surface area contributed by atoms with Crippen LogP contribution in [0.25, 0.3) is 0 Å². The maximum atomic E-state index is 14.0. The zero-order valence-corrected chi connectivity index (χ0v) is 17.1. The van der Waals surface area contributed by atoms with E-state index < -0.39 is 17.7 Å². The van der Waals surface area contributed by atoms with E-state index in [9.17, 15) is 14.3 Å². The van der Waals surface area contributed by atoms with E-state index in [4.69, 9.17) is 14.7 Å². The van der Waals surface area contributed by atoms with Gasteiger partial charge in [0.15, 0.2) is 11.5 Å². The van der Waals surface area contributed by atoms with E-state index in [1.807, 2.05) is 19.9 Å². The van der Waals surface area contributed by atoms with Crippen LogP contribution in [0, 0.1) is 11.3 Å². The summed E-state index contributed by atoms with van der Waals surface area (Å²) >= 11 is 0. The Bertz CT molecular complexity index is 1010. The molecule has 0 saturated heterocycles. The fourth-order valence-electron chi connectivity index (χ4n) is 2.73. The van der Waals surface area contributed by atoms with E-state index in [1.54, 1.807) is 12.1 Å². The number of aromatic nitrogens is 1. The molecule has 30 heavy (non-hydrogen) atoms. The minimum Gasteiger partial charge on any atom is -0.445 e. The Kier molecular flexibility index (Phi) is 5.80. The number of carbonyl (C=O) groups excluding carboxylic acids is 1. The Hall–Kier alpha value is -3.38. The van der Waals surface area contributed by atoms with Gasteiger partial charge in [-0.3, -0.25) is 4.79 Å². The second-order valence-electron chi connectivity index (χ2n) is 7.79. The maximum absolute atomic E-state index is 14.0. The molecule has 0 unspecified atom stereocenters. The SMILES string of the molecule is CC(C)Nc1c(C(=O)NC[C@@H](F)C(C)(C)O)cnc2c1Oc1ccc(C#N)cc1O2. The number of pyridine rings is 1. The average Bonchev–Trinajstić information content (AvgIpc) is 2.69. The molecule has 158 valence electrons. The molecular weight excluding hydrogens is 391 g/mol. The van der Waals surface area contributed by atoms with Crippen LogP contribution < -0.4 is 20.1 Å².